The molecule has 3 aromatic rings. The van der Waals surface area contributed by atoms with E-state index in [1.807, 2.05) is 24.9 Å². The molecule has 1 saturated heterocycles. The molecule has 2 aromatic heterocycles. The second-order valence-corrected chi connectivity index (χ2v) is 8.70. The molecule has 1 amide bonds. The fourth-order valence-electron chi connectivity index (χ4n) is 3.26. The van der Waals surface area contributed by atoms with Gasteiger partial charge in [0.2, 0.25) is 5.91 Å². The van der Waals surface area contributed by atoms with Gasteiger partial charge >= 0.3 is 0 Å². The number of aromatic nitrogens is 3. The smallest absolute Gasteiger partial charge is 0.237 e. The van der Waals surface area contributed by atoms with Crippen LogP contribution in [0.4, 0.5) is 4.39 Å². The SMILES string of the molecule is CC(C)(C)c1cc(-c2ccc(F)cc2)nn2cc(C=O)nc12.CC1C(=O)NCCN1C. The number of carbonyl (C=O) groups is 2. The molecule has 0 bridgehead atoms. The number of carbonyl (C=O) groups excluding carboxylic acids is 2. The van der Waals surface area contributed by atoms with Crippen LogP contribution in [0.2, 0.25) is 0 Å². The predicted molar refractivity (Wildman–Crippen MR) is 118 cm³/mol. The molecular weight excluding hydrogens is 397 g/mol. The Balaban J connectivity index is 0.000000254. The summed E-state index contributed by atoms with van der Waals surface area (Å²) >= 11 is 0. The molecule has 0 aliphatic carbocycles. The van der Waals surface area contributed by atoms with Crippen LogP contribution < -0.4 is 5.32 Å². The molecule has 1 aromatic carbocycles. The van der Waals surface area contributed by atoms with Gasteiger partial charge in [0, 0.05) is 24.2 Å². The highest BCUT2D eigenvalue weighted by Crippen LogP contribution is 2.29. The number of likely N-dealkylation sites (N-methyl/N-ethyl adjacent to an activating group) is 1. The lowest BCUT2D eigenvalue weighted by molar-refractivity contribution is -0.127. The van der Waals surface area contributed by atoms with Gasteiger partial charge in [0.25, 0.3) is 0 Å². The number of aldehydes is 1. The van der Waals surface area contributed by atoms with Crippen molar-refractivity contribution in [1.82, 2.24) is 24.8 Å². The molecule has 0 saturated carbocycles. The Hall–Kier alpha value is -3.13. The largest absolute Gasteiger partial charge is 0.353 e. The van der Waals surface area contributed by atoms with Crippen molar-refractivity contribution in [1.29, 1.82) is 0 Å². The standard InChI is InChI=1S/C17H16FN3O.C6H12N2O/c1-17(2,3)14-8-15(11-4-6-12(18)7-5-11)20-21-9-13(10-22)19-16(14)21;1-5-6(9)7-3-4-8(5)2/h4-10H,1-3H3;5H,3-4H2,1-2H3,(H,7,9). The molecule has 1 fully saturated rings. The van der Waals surface area contributed by atoms with E-state index in [1.54, 1.807) is 22.8 Å². The summed E-state index contributed by atoms with van der Waals surface area (Å²) in [4.78, 5) is 28.2. The highest BCUT2D eigenvalue weighted by atomic mass is 19.1. The lowest BCUT2D eigenvalue weighted by atomic mass is 9.87. The first kappa shape index (κ1) is 22.6. The summed E-state index contributed by atoms with van der Waals surface area (Å²) in [6.45, 7) is 9.89. The maximum absolute atomic E-state index is 13.1. The molecule has 31 heavy (non-hydrogen) atoms. The lowest BCUT2D eigenvalue weighted by Crippen LogP contribution is -2.51. The average molecular weight is 426 g/mol. The van der Waals surface area contributed by atoms with Crippen LogP contribution in [0.15, 0.2) is 36.5 Å². The zero-order valence-electron chi connectivity index (χ0n) is 18.5. The maximum Gasteiger partial charge on any atom is 0.237 e. The first-order valence-corrected chi connectivity index (χ1v) is 10.2. The normalized spacial score (nSPS) is 17.1. The van der Waals surface area contributed by atoms with Crippen LogP contribution in [-0.2, 0) is 10.2 Å². The number of halogens is 1. The van der Waals surface area contributed by atoms with Gasteiger partial charge in [0.15, 0.2) is 11.9 Å². The van der Waals surface area contributed by atoms with Gasteiger partial charge in [0.1, 0.15) is 11.5 Å². The third-order valence-electron chi connectivity index (χ3n) is 5.32. The van der Waals surface area contributed by atoms with Crippen LogP contribution >= 0.6 is 0 Å². The van der Waals surface area contributed by atoms with E-state index < -0.39 is 0 Å². The van der Waals surface area contributed by atoms with Gasteiger partial charge < -0.3 is 5.32 Å². The van der Waals surface area contributed by atoms with Gasteiger partial charge in [-0.15, -0.1) is 0 Å². The van der Waals surface area contributed by atoms with E-state index in [2.05, 4.69) is 36.2 Å². The third-order valence-corrected chi connectivity index (χ3v) is 5.32. The van der Waals surface area contributed by atoms with Gasteiger partial charge in [0.05, 0.1) is 17.9 Å². The zero-order chi connectivity index (χ0) is 22.8. The van der Waals surface area contributed by atoms with Crippen molar-refractivity contribution in [2.75, 3.05) is 20.1 Å². The summed E-state index contributed by atoms with van der Waals surface area (Å²) in [5.74, 6) is -0.143. The number of imidazole rings is 1. The average Bonchev–Trinajstić information content (AvgIpc) is 3.14. The van der Waals surface area contributed by atoms with Gasteiger partial charge in [-0.05, 0) is 49.7 Å². The maximum atomic E-state index is 13.1. The highest BCUT2D eigenvalue weighted by Gasteiger charge is 2.22. The summed E-state index contributed by atoms with van der Waals surface area (Å²) in [5.41, 5.74) is 3.36. The fourth-order valence-corrected chi connectivity index (χ4v) is 3.26. The van der Waals surface area contributed by atoms with Crippen LogP contribution in [-0.4, -0.2) is 57.9 Å². The number of fused-ring (bicyclic) bond motifs is 1. The van der Waals surface area contributed by atoms with Gasteiger partial charge in [-0.25, -0.2) is 13.9 Å². The van der Waals surface area contributed by atoms with Crippen LogP contribution in [0, 0.1) is 5.82 Å². The van der Waals surface area contributed by atoms with Crippen LogP contribution in [0.25, 0.3) is 16.9 Å². The van der Waals surface area contributed by atoms with Crippen molar-refractivity contribution in [3.05, 3.63) is 53.6 Å². The molecule has 1 atom stereocenters. The van der Waals surface area contributed by atoms with Gasteiger partial charge in [-0.3, -0.25) is 14.5 Å². The first-order valence-electron chi connectivity index (χ1n) is 10.2. The Morgan fingerprint density at radius 1 is 1.23 bits per heavy atom. The molecule has 164 valence electrons. The van der Waals surface area contributed by atoms with E-state index in [9.17, 15) is 14.0 Å². The number of hydrogen-bond donors (Lipinski definition) is 1. The second-order valence-electron chi connectivity index (χ2n) is 8.70. The number of piperazine rings is 1. The molecule has 1 unspecified atom stereocenters. The number of nitrogens with one attached hydrogen (secondary N) is 1. The Morgan fingerprint density at radius 3 is 2.45 bits per heavy atom. The highest BCUT2D eigenvalue weighted by molar-refractivity contribution is 5.81. The Kier molecular flexibility index (Phi) is 6.50. The number of nitrogens with zero attached hydrogens (tertiary/aromatic N) is 4. The van der Waals surface area contributed by atoms with Crippen molar-refractivity contribution in [2.24, 2.45) is 0 Å². The number of amides is 1. The van der Waals surface area contributed by atoms with E-state index in [0.717, 1.165) is 24.2 Å². The molecular formula is C23H28FN5O2. The molecule has 4 rings (SSSR count). The zero-order valence-corrected chi connectivity index (χ0v) is 18.5. The van der Waals surface area contributed by atoms with Crippen molar-refractivity contribution in [3.8, 4) is 11.3 Å². The minimum absolute atomic E-state index is 0.0544. The predicted octanol–water partition coefficient (Wildman–Crippen LogP) is 3.08. The Morgan fingerprint density at radius 2 is 1.90 bits per heavy atom. The molecule has 1 aliphatic heterocycles. The summed E-state index contributed by atoms with van der Waals surface area (Å²) in [5, 5.41) is 7.27. The molecule has 0 radical (unpaired) electrons. The third kappa shape index (κ3) is 5.14. The van der Waals surface area contributed by atoms with E-state index in [-0.39, 0.29) is 23.2 Å². The number of rotatable bonds is 2. The van der Waals surface area contributed by atoms with E-state index in [0.29, 0.717) is 23.3 Å². The topological polar surface area (TPSA) is 79.6 Å². The minimum Gasteiger partial charge on any atom is -0.353 e. The molecule has 0 spiro atoms. The monoisotopic (exact) mass is 425 g/mol. The molecule has 7 nitrogen and oxygen atoms in total. The molecule has 3 heterocycles. The van der Waals surface area contributed by atoms with Crippen LogP contribution in [0.3, 0.4) is 0 Å². The molecule has 1 N–H and O–H groups in total. The van der Waals surface area contributed by atoms with E-state index >= 15 is 0 Å². The minimum atomic E-state index is -0.285. The van der Waals surface area contributed by atoms with Crippen molar-refractivity contribution < 1.29 is 14.0 Å². The van der Waals surface area contributed by atoms with Crippen molar-refractivity contribution in [2.45, 2.75) is 39.2 Å². The summed E-state index contributed by atoms with van der Waals surface area (Å²) in [6.07, 6.45) is 2.31. The Labute approximate surface area is 181 Å². The van der Waals surface area contributed by atoms with Crippen molar-refractivity contribution in [3.63, 3.8) is 0 Å². The van der Waals surface area contributed by atoms with Crippen LogP contribution in [0.5, 0.6) is 0 Å². The quantitative estimate of drug-likeness (QED) is 0.639. The van der Waals surface area contributed by atoms with E-state index in [1.165, 1.54) is 12.1 Å². The summed E-state index contributed by atoms with van der Waals surface area (Å²) in [7, 11) is 1.96. The first-order chi connectivity index (χ1) is 14.6. The molecule has 1 aliphatic rings. The fraction of sp³-hybridized carbons (Fsp3) is 0.391. The van der Waals surface area contributed by atoms with Gasteiger partial charge in [-0.1, -0.05) is 20.8 Å². The Bertz CT molecular complexity index is 1090. The number of hydrogen-bond acceptors (Lipinski definition) is 5. The second kappa shape index (κ2) is 8.93. The van der Waals surface area contributed by atoms with E-state index in [4.69, 9.17) is 0 Å². The lowest BCUT2D eigenvalue weighted by Gasteiger charge is -2.28. The van der Waals surface area contributed by atoms with Crippen molar-refractivity contribution >= 4 is 17.8 Å². The van der Waals surface area contributed by atoms with Gasteiger partial charge in [-0.2, -0.15) is 5.10 Å². The van der Waals surface area contributed by atoms with Crippen LogP contribution in [0.1, 0.15) is 43.7 Å². The summed E-state index contributed by atoms with van der Waals surface area (Å²) in [6, 6.07) is 8.19. The molecule has 8 heteroatoms. The summed E-state index contributed by atoms with van der Waals surface area (Å²) < 4.78 is 14.7. The number of benzene rings is 1.